The smallest absolute Gasteiger partial charge is 0.237 e. The van der Waals surface area contributed by atoms with Gasteiger partial charge in [-0.15, -0.1) is 0 Å². The van der Waals surface area contributed by atoms with Crippen LogP contribution < -0.4 is 10.1 Å². The third kappa shape index (κ3) is 2.85. The molecule has 3 rings (SSSR count). The molecule has 0 saturated heterocycles. The lowest BCUT2D eigenvalue weighted by Crippen LogP contribution is -2.20. The minimum Gasteiger partial charge on any atom is -0.473 e. The first-order chi connectivity index (χ1) is 9.22. The topological polar surface area (TPSA) is 34.1 Å². The molecule has 3 nitrogen and oxygen atoms in total. The molecule has 2 aliphatic carbocycles. The van der Waals surface area contributed by atoms with E-state index in [0.717, 1.165) is 35.9 Å². The number of pyridine rings is 1. The Bertz CT molecular complexity index is 433. The van der Waals surface area contributed by atoms with Gasteiger partial charge in [-0.3, -0.25) is 0 Å². The average Bonchev–Trinajstić information content (AvgIpc) is 2.99. The molecule has 2 saturated carbocycles. The van der Waals surface area contributed by atoms with Crippen LogP contribution in [-0.4, -0.2) is 17.6 Å². The molecule has 1 aromatic heterocycles. The SMILES string of the molecule is CC(C)Oc1ncccc1NCC1CC2CCC1C2. The number of nitrogens with one attached hydrogen (secondary N) is 1. The molecule has 2 fully saturated rings. The Kier molecular flexibility index (Phi) is 3.63. The zero-order chi connectivity index (χ0) is 13.2. The van der Waals surface area contributed by atoms with Crippen LogP contribution in [0.3, 0.4) is 0 Å². The fourth-order valence-corrected chi connectivity index (χ4v) is 3.71. The lowest BCUT2D eigenvalue weighted by atomic mass is 9.89. The van der Waals surface area contributed by atoms with Gasteiger partial charge in [0, 0.05) is 12.7 Å². The second kappa shape index (κ2) is 5.40. The number of rotatable bonds is 5. The van der Waals surface area contributed by atoms with Gasteiger partial charge in [0.1, 0.15) is 0 Å². The van der Waals surface area contributed by atoms with E-state index in [4.69, 9.17) is 4.74 Å². The predicted octanol–water partition coefficient (Wildman–Crippen LogP) is 3.72. The van der Waals surface area contributed by atoms with E-state index < -0.39 is 0 Å². The maximum atomic E-state index is 5.75. The molecule has 3 atom stereocenters. The van der Waals surface area contributed by atoms with Crippen LogP contribution in [0.4, 0.5) is 5.69 Å². The fourth-order valence-electron chi connectivity index (χ4n) is 3.71. The molecule has 3 unspecified atom stereocenters. The van der Waals surface area contributed by atoms with Gasteiger partial charge >= 0.3 is 0 Å². The first-order valence-electron chi connectivity index (χ1n) is 7.58. The summed E-state index contributed by atoms with van der Waals surface area (Å²) in [6.45, 7) is 5.14. The predicted molar refractivity (Wildman–Crippen MR) is 77.4 cm³/mol. The van der Waals surface area contributed by atoms with Gasteiger partial charge < -0.3 is 10.1 Å². The van der Waals surface area contributed by atoms with Crippen molar-refractivity contribution in [2.75, 3.05) is 11.9 Å². The Balaban J connectivity index is 1.60. The van der Waals surface area contributed by atoms with Gasteiger partial charge in [-0.25, -0.2) is 4.98 Å². The van der Waals surface area contributed by atoms with Crippen molar-refractivity contribution in [3.05, 3.63) is 18.3 Å². The van der Waals surface area contributed by atoms with E-state index in [1.165, 1.54) is 25.7 Å². The van der Waals surface area contributed by atoms with E-state index in [2.05, 4.69) is 16.4 Å². The van der Waals surface area contributed by atoms with Gasteiger partial charge in [-0.05, 0) is 63.0 Å². The van der Waals surface area contributed by atoms with Crippen molar-refractivity contribution >= 4 is 5.69 Å². The molecule has 0 amide bonds. The summed E-state index contributed by atoms with van der Waals surface area (Å²) in [4.78, 5) is 4.33. The Morgan fingerprint density at radius 1 is 1.37 bits per heavy atom. The quantitative estimate of drug-likeness (QED) is 0.876. The minimum absolute atomic E-state index is 0.165. The normalized spacial score (nSPS) is 28.9. The van der Waals surface area contributed by atoms with Crippen molar-refractivity contribution < 1.29 is 4.74 Å². The second-order valence-corrected chi connectivity index (χ2v) is 6.34. The third-order valence-corrected chi connectivity index (χ3v) is 4.56. The summed E-state index contributed by atoms with van der Waals surface area (Å²) in [6.07, 6.45) is 7.75. The molecule has 0 radical (unpaired) electrons. The van der Waals surface area contributed by atoms with Crippen molar-refractivity contribution in [1.82, 2.24) is 4.98 Å². The number of hydrogen-bond acceptors (Lipinski definition) is 3. The standard InChI is InChI=1S/C16H24N2O/c1-11(2)19-16-15(4-3-7-17-16)18-10-14-9-12-5-6-13(14)8-12/h3-4,7,11-14,18H,5-6,8-10H2,1-2H3. The van der Waals surface area contributed by atoms with E-state index in [-0.39, 0.29) is 6.10 Å². The summed E-state index contributed by atoms with van der Waals surface area (Å²) in [5, 5.41) is 3.56. The van der Waals surface area contributed by atoms with E-state index in [0.29, 0.717) is 0 Å². The van der Waals surface area contributed by atoms with E-state index >= 15 is 0 Å². The largest absolute Gasteiger partial charge is 0.473 e. The average molecular weight is 260 g/mol. The molecule has 0 spiro atoms. The van der Waals surface area contributed by atoms with Crippen LogP contribution in [0, 0.1) is 17.8 Å². The Morgan fingerprint density at radius 3 is 2.95 bits per heavy atom. The van der Waals surface area contributed by atoms with Crippen molar-refractivity contribution in [1.29, 1.82) is 0 Å². The molecule has 2 aliphatic rings. The number of anilines is 1. The second-order valence-electron chi connectivity index (χ2n) is 6.34. The zero-order valence-corrected chi connectivity index (χ0v) is 11.9. The van der Waals surface area contributed by atoms with Gasteiger partial charge in [-0.2, -0.15) is 0 Å². The molecule has 19 heavy (non-hydrogen) atoms. The van der Waals surface area contributed by atoms with Gasteiger partial charge in [-0.1, -0.05) is 6.42 Å². The molecular weight excluding hydrogens is 236 g/mol. The lowest BCUT2D eigenvalue weighted by molar-refractivity contribution is 0.233. The Morgan fingerprint density at radius 2 is 2.26 bits per heavy atom. The van der Waals surface area contributed by atoms with Crippen molar-refractivity contribution in [2.45, 2.75) is 45.6 Å². The van der Waals surface area contributed by atoms with E-state index in [1.54, 1.807) is 6.20 Å². The van der Waals surface area contributed by atoms with Gasteiger partial charge in [0.25, 0.3) is 0 Å². The van der Waals surface area contributed by atoms with Gasteiger partial charge in [0.15, 0.2) is 0 Å². The monoisotopic (exact) mass is 260 g/mol. The highest BCUT2D eigenvalue weighted by Crippen LogP contribution is 2.48. The lowest BCUT2D eigenvalue weighted by Gasteiger charge is -2.23. The Hall–Kier alpha value is -1.25. The molecule has 1 heterocycles. The molecule has 3 heteroatoms. The van der Waals surface area contributed by atoms with E-state index in [1.807, 2.05) is 19.9 Å². The van der Waals surface area contributed by atoms with Crippen LogP contribution in [-0.2, 0) is 0 Å². The van der Waals surface area contributed by atoms with Crippen LogP contribution in [0.1, 0.15) is 39.5 Å². The summed E-state index contributed by atoms with van der Waals surface area (Å²) in [6, 6.07) is 4.04. The Labute approximate surface area is 115 Å². The summed E-state index contributed by atoms with van der Waals surface area (Å²) >= 11 is 0. The first kappa shape index (κ1) is 12.8. The van der Waals surface area contributed by atoms with Crippen molar-refractivity contribution in [3.8, 4) is 5.88 Å². The number of nitrogens with zero attached hydrogens (tertiary/aromatic N) is 1. The summed E-state index contributed by atoms with van der Waals surface area (Å²) in [5.74, 6) is 3.56. The van der Waals surface area contributed by atoms with Crippen LogP contribution in [0.25, 0.3) is 0 Å². The van der Waals surface area contributed by atoms with Crippen molar-refractivity contribution in [2.24, 2.45) is 17.8 Å². The highest BCUT2D eigenvalue weighted by Gasteiger charge is 2.39. The number of aromatic nitrogens is 1. The molecule has 2 bridgehead atoms. The third-order valence-electron chi connectivity index (χ3n) is 4.56. The van der Waals surface area contributed by atoms with Crippen LogP contribution in [0.2, 0.25) is 0 Å². The highest BCUT2D eigenvalue weighted by molar-refractivity contribution is 5.52. The molecule has 0 aliphatic heterocycles. The minimum atomic E-state index is 0.165. The number of fused-ring (bicyclic) bond motifs is 2. The van der Waals surface area contributed by atoms with Crippen LogP contribution in [0.15, 0.2) is 18.3 Å². The molecule has 104 valence electrons. The van der Waals surface area contributed by atoms with E-state index in [9.17, 15) is 0 Å². The summed E-state index contributed by atoms with van der Waals surface area (Å²) in [5.41, 5.74) is 1.04. The summed E-state index contributed by atoms with van der Waals surface area (Å²) < 4.78 is 5.75. The molecule has 0 aromatic carbocycles. The van der Waals surface area contributed by atoms with Crippen LogP contribution >= 0.6 is 0 Å². The first-order valence-corrected chi connectivity index (χ1v) is 7.58. The summed E-state index contributed by atoms with van der Waals surface area (Å²) in [7, 11) is 0. The van der Waals surface area contributed by atoms with Gasteiger partial charge in [0.2, 0.25) is 5.88 Å². The molecule has 1 aromatic rings. The maximum absolute atomic E-state index is 5.75. The highest BCUT2D eigenvalue weighted by atomic mass is 16.5. The van der Waals surface area contributed by atoms with Crippen molar-refractivity contribution in [3.63, 3.8) is 0 Å². The number of hydrogen-bond donors (Lipinski definition) is 1. The van der Waals surface area contributed by atoms with Crippen LogP contribution in [0.5, 0.6) is 5.88 Å². The number of ether oxygens (including phenoxy) is 1. The molecular formula is C16H24N2O. The fraction of sp³-hybridized carbons (Fsp3) is 0.688. The maximum Gasteiger partial charge on any atom is 0.237 e. The zero-order valence-electron chi connectivity index (χ0n) is 11.9. The van der Waals surface area contributed by atoms with Gasteiger partial charge in [0.05, 0.1) is 11.8 Å². The molecule has 1 N–H and O–H groups in total.